The maximum absolute atomic E-state index is 12.0. The minimum atomic E-state index is -0.842. The smallest absolute Gasteiger partial charge is 0.407 e. The summed E-state index contributed by atoms with van der Waals surface area (Å²) in [6, 6.07) is 4.49. The van der Waals surface area contributed by atoms with E-state index in [0.29, 0.717) is 16.4 Å². The van der Waals surface area contributed by atoms with Gasteiger partial charge in [-0.25, -0.2) is 4.79 Å². The minimum absolute atomic E-state index is 0.160. The average molecular weight is 270 g/mol. The van der Waals surface area contributed by atoms with E-state index in [9.17, 15) is 9.59 Å². The van der Waals surface area contributed by atoms with Gasteiger partial charge >= 0.3 is 11.3 Å². The highest BCUT2D eigenvalue weighted by molar-refractivity contribution is 6.31. The van der Waals surface area contributed by atoms with Gasteiger partial charge in [0.2, 0.25) is 0 Å². The van der Waals surface area contributed by atoms with Gasteiger partial charge in [0.15, 0.2) is 0 Å². The zero-order chi connectivity index (χ0) is 13.1. The van der Waals surface area contributed by atoms with Crippen LogP contribution in [0.5, 0.6) is 0 Å². The molecule has 96 valence electrons. The maximum Gasteiger partial charge on any atom is 0.456 e. The monoisotopic (exact) mass is 269 g/mol. The van der Waals surface area contributed by atoms with Gasteiger partial charge in [-0.2, -0.15) is 0 Å². The summed E-state index contributed by atoms with van der Waals surface area (Å²) in [4.78, 5) is 28.7. The molecule has 1 aromatic heterocycles. The summed E-state index contributed by atoms with van der Waals surface area (Å²) in [7, 11) is 0. The topological polar surface area (TPSA) is 61.4 Å². The second kappa shape index (κ2) is 5.27. The molecule has 0 fully saturated rings. The highest BCUT2D eigenvalue weighted by Gasteiger charge is 2.10. The van der Waals surface area contributed by atoms with Crippen molar-refractivity contribution >= 4 is 22.6 Å². The van der Waals surface area contributed by atoms with Crippen LogP contribution in [-0.4, -0.2) is 11.3 Å². The van der Waals surface area contributed by atoms with Crippen LogP contribution in [0.25, 0.3) is 11.0 Å². The van der Waals surface area contributed by atoms with Crippen LogP contribution in [0.4, 0.5) is 0 Å². The largest absolute Gasteiger partial charge is 0.456 e. The molecule has 0 atom stereocenters. The molecule has 0 saturated carbocycles. The summed E-state index contributed by atoms with van der Waals surface area (Å²) in [6.07, 6.45) is 1.66. The Hall–Kier alpha value is -1.75. The number of benzene rings is 1. The Bertz CT molecular complexity index is 674. The van der Waals surface area contributed by atoms with Crippen LogP contribution in [0.3, 0.4) is 0 Å². The molecule has 0 saturated heterocycles. The lowest BCUT2D eigenvalue weighted by atomic mass is 10.2. The number of fused-ring (bicyclic) bond motifs is 1. The third kappa shape index (κ3) is 2.41. The van der Waals surface area contributed by atoms with Crippen LogP contribution in [0.2, 0.25) is 5.02 Å². The lowest BCUT2D eigenvalue weighted by Gasteiger charge is -2.06. The van der Waals surface area contributed by atoms with Crippen LogP contribution >= 0.6 is 11.6 Å². The Labute approximate surface area is 108 Å². The minimum Gasteiger partial charge on any atom is -0.407 e. The van der Waals surface area contributed by atoms with Crippen LogP contribution in [-0.2, 0) is 0 Å². The van der Waals surface area contributed by atoms with Crippen molar-refractivity contribution in [3.8, 4) is 0 Å². The average Bonchev–Trinajstić information content (AvgIpc) is 2.33. The molecule has 2 aromatic rings. The van der Waals surface area contributed by atoms with Gasteiger partial charge in [-0.15, -0.1) is 0 Å². The lowest BCUT2D eigenvalue weighted by Crippen LogP contribution is -2.38. The Balaban J connectivity index is 2.52. The Kier molecular flexibility index (Phi) is 3.72. The van der Waals surface area contributed by atoms with Gasteiger partial charge in [0, 0.05) is 11.1 Å². The van der Waals surface area contributed by atoms with E-state index >= 15 is 0 Å². The van der Waals surface area contributed by atoms with E-state index in [1.165, 1.54) is 12.1 Å². The predicted octanol–water partition coefficient (Wildman–Crippen LogP) is 1.84. The van der Waals surface area contributed by atoms with E-state index in [2.05, 4.69) is 0 Å². The van der Waals surface area contributed by atoms with Gasteiger partial charge in [0.25, 0.3) is 0 Å². The Morgan fingerprint density at radius 3 is 2.89 bits per heavy atom. The van der Waals surface area contributed by atoms with Gasteiger partial charge < -0.3 is 9.25 Å². The molecule has 1 heterocycles. The molecule has 5 nitrogen and oxygen atoms in total. The maximum atomic E-state index is 12.0. The summed E-state index contributed by atoms with van der Waals surface area (Å²) in [6.45, 7) is 2.28. The zero-order valence-corrected chi connectivity index (χ0v) is 10.6. The van der Waals surface area contributed by atoms with Gasteiger partial charge in [-0.1, -0.05) is 29.7 Å². The van der Waals surface area contributed by atoms with Gasteiger partial charge in [0.05, 0.1) is 5.39 Å². The van der Waals surface area contributed by atoms with Gasteiger partial charge in [-0.3, -0.25) is 4.79 Å². The first-order chi connectivity index (χ1) is 8.63. The van der Waals surface area contributed by atoms with Crippen molar-refractivity contribution in [3.05, 3.63) is 44.1 Å². The molecule has 0 radical (unpaired) electrons. The lowest BCUT2D eigenvalue weighted by molar-refractivity contribution is 0.0766. The van der Waals surface area contributed by atoms with E-state index in [0.717, 1.165) is 12.8 Å². The first kappa shape index (κ1) is 12.7. The number of aromatic nitrogens is 1. The standard InChI is InChI=1S/C12H12ClNO4/c1-2-3-6-17-14-11(15)9-5-4-8(13)7-10(9)18-12(14)16/h4-5,7H,2-3,6H2,1H3. The molecule has 0 N–H and O–H groups in total. The predicted molar refractivity (Wildman–Crippen MR) is 68.1 cm³/mol. The molecule has 0 bridgehead atoms. The number of rotatable bonds is 4. The fraction of sp³-hybridized carbons (Fsp3) is 0.333. The van der Waals surface area contributed by atoms with Crippen LogP contribution < -0.4 is 16.2 Å². The molecule has 1 aromatic carbocycles. The van der Waals surface area contributed by atoms with Crippen molar-refractivity contribution in [1.29, 1.82) is 0 Å². The van der Waals surface area contributed by atoms with Crippen molar-refractivity contribution < 1.29 is 9.25 Å². The number of hydrogen-bond donors (Lipinski definition) is 0. The third-order valence-electron chi connectivity index (χ3n) is 2.44. The summed E-state index contributed by atoms with van der Waals surface area (Å²) in [5.41, 5.74) is -0.373. The molecule has 18 heavy (non-hydrogen) atoms. The first-order valence-electron chi connectivity index (χ1n) is 5.62. The van der Waals surface area contributed by atoms with Crippen molar-refractivity contribution in [1.82, 2.24) is 4.73 Å². The molecule has 0 unspecified atom stereocenters. The SMILES string of the molecule is CCCCOn1c(=O)oc2cc(Cl)ccc2c1=O. The van der Waals surface area contributed by atoms with E-state index < -0.39 is 11.3 Å². The zero-order valence-electron chi connectivity index (χ0n) is 9.81. The van der Waals surface area contributed by atoms with E-state index in [1.807, 2.05) is 6.92 Å². The summed E-state index contributed by atoms with van der Waals surface area (Å²) in [5, 5.41) is 0.658. The summed E-state index contributed by atoms with van der Waals surface area (Å²) in [5.74, 6) is -0.842. The second-order valence-corrected chi connectivity index (χ2v) is 4.23. The fourth-order valence-electron chi connectivity index (χ4n) is 1.50. The summed E-state index contributed by atoms with van der Waals surface area (Å²) < 4.78 is 5.63. The van der Waals surface area contributed by atoms with E-state index in [1.54, 1.807) is 6.07 Å². The number of halogens is 1. The molecule has 0 aliphatic heterocycles. The molecule has 0 aliphatic rings. The molecular formula is C12H12ClNO4. The molecule has 0 amide bonds. The van der Waals surface area contributed by atoms with Crippen molar-refractivity contribution in [2.24, 2.45) is 0 Å². The highest BCUT2D eigenvalue weighted by Crippen LogP contribution is 2.14. The molecular weight excluding hydrogens is 258 g/mol. The van der Waals surface area contributed by atoms with Gasteiger partial charge in [-0.05, 0) is 18.6 Å². The molecule has 0 spiro atoms. The normalized spacial score (nSPS) is 10.8. The highest BCUT2D eigenvalue weighted by atomic mass is 35.5. The fourth-order valence-corrected chi connectivity index (χ4v) is 1.66. The first-order valence-corrected chi connectivity index (χ1v) is 6.00. The van der Waals surface area contributed by atoms with Crippen molar-refractivity contribution in [2.75, 3.05) is 6.61 Å². The van der Waals surface area contributed by atoms with Crippen molar-refractivity contribution in [2.45, 2.75) is 19.8 Å². The molecule has 6 heteroatoms. The summed E-state index contributed by atoms with van der Waals surface area (Å²) >= 11 is 5.76. The third-order valence-corrected chi connectivity index (χ3v) is 2.67. The quantitative estimate of drug-likeness (QED) is 0.795. The van der Waals surface area contributed by atoms with Crippen LogP contribution in [0, 0.1) is 0 Å². The van der Waals surface area contributed by atoms with Gasteiger partial charge in [0.1, 0.15) is 12.2 Å². The Morgan fingerprint density at radius 2 is 2.17 bits per heavy atom. The second-order valence-electron chi connectivity index (χ2n) is 3.79. The van der Waals surface area contributed by atoms with E-state index in [4.69, 9.17) is 20.9 Å². The van der Waals surface area contributed by atoms with E-state index in [-0.39, 0.29) is 11.0 Å². The Morgan fingerprint density at radius 1 is 1.39 bits per heavy atom. The van der Waals surface area contributed by atoms with Crippen LogP contribution in [0.15, 0.2) is 32.2 Å². The molecule has 0 aliphatic carbocycles. The number of unbranched alkanes of at least 4 members (excludes halogenated alkanes) is 1. The molecule has 2 rings (SSSR count). The van der Waals surface area contributed by atoms with Crippen molar-refractivity contribution in [3.63, 3.8) is 0 Å². The number of nitrogens with zero attached hydrogens (tertiary/aromatic N) is 1. The number of hydrogen-bond acceptors (Lipinski definition) is 4. The van der Waals surface area contributed by atoms with Crippen LogP contribution in [0.1, 0.15) is 19.8 Å².